The monoisotopic (exact) mass is 372 g/mol. The van der Waals surface area contributed by atoms with Crippen LogP contribution in [0.3, 0.4) is 0 Å². The van der Waals surface area contributed by atoms with Crippen LogP contribution in [-0.4, -0.2) is 24.2 Å². The molecule has 0 aliphatic heterocycles. The number of anilines is 2. The maximum Gasteiger partial charge on any atom is 0.224 e. The predicted octanol–water partition coefficient (Wildman–Crippen LogP) is 4.62. The van der Waals surface area contributed by atoms with Gasteiger partial charge in [-0.05, 0) is 53.7 Å². The summed E-state index contributed by atoms with van der Waals surface area (Å²) in [5.41, 5.74) is 1.45. The van der Waals surface area contributed by atoms with Crippen LogP contribution in [-0.2, 0) is 0 Å². The van der Waals surface area contributed by atoms with E-state index in [1.165, 1.54) is 0 Å². The number of benzene rings is 2. The van der Waals surface area contributed by atoms with E-state index in [2.05, 4.69) is 15.3 Å². The smallest absolute Gasteiger partial charge is 0.224 e. The van der Waals surface area contributed by atoms with Crippen LogP contribution < -0.4 is 14.8 Å². The van der Waals surface area contributed by atoms with Crippen LogP contribution in [0.15, 0.2) is 41.3 Å². The zero-order valence-corrected chi connectivity index (χ0v) is 15.0. The average molecular weight is 373 g/mol. The minimum absolute atomic E-state index is 0.124. The Labute approximate surface area is 153 Å². The molecule has 0 radical (unpaired) electrons. The van der Waals surface area contributed by atoms with E-state index in [1.54, 1.807) is 26.4 Å². The van der Waals surface area contributed by atoms with Gasteiger partial charge in [-0.15, -0.1) is 0 Å². The molecular formula is C17H13ClN4O2S. The lowest BCUT2D eigenvalue weighted by atomic mass is 10.2. The van der Waals surface area contributed by atoms with Crippen LogP contribution in [0, 0.1) is 10.7 Å². The Hall–Kier alpha value is -2.69. The highest BCUT2D eigenvalue weighted by Crippen LogP contribution is 2.35. The predicted molar refractivity (Wildman–Crippen MR) is 98.8 cm³/mol. The topological polar surface area (TPSA) is 80.1 Å². The van der Waals surface area contributed by atoms with E-state index in [4.69, 9.17) is 26.3 Å². The molecule has 0 unspecified atom stereocenters. The number of halogens is 1. The number of nitriles is 1. The quantitative estimate of drug-likeness (QED) is 0.397. The summed E-state index contributed by atoms with van der Waals surface area (Å²) < 4.78 is 10.6. The van der Waals surface area contributed by atoms with Gasteiger partial charge < -0.3 is 14.8 Å². The SMILES string of the molecule is COc1cc2nc(Cl)nc(Nc3ccc(SC#N)cc3)c2cc1OC. The second-order valence-electron chi connectivity index (χ2n) is 4.91. The Balaban J connectivity index is 2.04. The van der Waals surface area contributed by atoms with Gasteiger partial charge in [0.1, 0.15) is 11.2 Å². The fourth-order valence-corrected chi connectivity index (χ4v) is 2.87. The van der Waals surface area contributed by atoms with Crippen molar-refractivity contribution >= 4 is 45.8 Å². The van der Waals surface area contributed by atoms with Gasteiger partial charge in [-0.3, -0.25) is 0 Å². The number of hydrogen-bond acceptors (Lipinski definition) is 7. The number of fused-ring (bicyclic) bond motifs is 1. The highest BCUT2D eigenvalue weighted by Gasteiger charge is 2.13. The third-order valence-electron chi connectivity index (χ3n) is 3.45. The van der Waals surface area contributed by atoms with Gasteiger partial charge in [-0.25, -0.2) is 4.98 Å². The second-order valence-corrected chi connectivity index (χ2v) is 6.10. The van der Waals surface area contributed by atoms with Crippen LogP contribution in [0.1, 0.15) is 0 Å². The van der Waals surface area contributed by atoms with Crippen molar-refractivity contribution < 1.29 is 9.47 Å². The number of nitrogens with zero attached hydrogens (tertiary/aromatic N) is 3. The fraction of sp³-hybridized carbons (Fsp3) is 0.118. The van der Waals surface area contributed by atoms with Gasteiger partial charge in [0.05, 0.1) is 19.7 Å². The maximum absolute atomic E-state index is 8.71. The van der Waals surface area contributed by atoms with E-state index in [1.807, 2.05) is 29.7 Å². The molecule has 0 fully saturated rings. The van der Waals surface area contributed by atoms with Gasteiger partial charge >= 0.3 is 0 Å². The van der Waals surface area contributed by atoms with Crippen molar-refractivity contribution in [2.75, 3.05) is 19.5 Å². The van der Waals surface area contributed by atoms with Crippen molar-refractivity contribution in [1.29, 1.82) is 5.26 Å². The number of ether oxygens (including phenoxy) is 2. The third-order valence-corrected chi connectivity index (χ3v) is 4.22. The molecule has 1 N–H and O–H groups in total. The zero-order chi connectivity index (χ0) is 17.8. The van der Waals surface area contributed by atoms with Gasteiger partial charge in [-0.1, -0.05) is 0 Å². The first-order chi connectivity index (χ1) is 12.1. The molecule has 3 aromatic rings. The Morgan fingerprint density at radius 3 is 2.40 bits per heavy atom. The Kier molecular flexibility index (Phi) is 5.12. The van der Waals surface area contributed by atoms with Crippen molar-refractivity contribution in [3.63, 3.8) is 0 Å². The molecule has 3 rings (SSSR count). The summed E-state index contributed by atoms with van der Waals surface area (Å²) >= 11 is 7.16. The van der Waals surface area contributed by atoms with Crippen molar-refractivity contribution in [3.05, 3.63) is 41.7 Å². The average Bonchev–Trinajstić information content (AvgIpc) is 2.62. The molecule has 0 atom stereocenters. The molecule has 1 aromatic heterocycles. The number of nitrogens with one attached hydrogen (secondary N) is 1. The fourth-order valence-electron chi connectivity index (χ4n) is 2.32. The van der Waals surface area contributed by atoms with Crippen molar-refractivity contribution in [2.45, 2.75) is 4.90 Å². The lowest BCUT2D eigenvalue weighted by Gasteiger charge is -2.12. The van der Waals surface area contributed by atoms with E-state index in [0.717, 1.165) is 27.7 Å². The summed E-state index contributed by atoms with van der Waals surface area (Å²) in [6.45, 7) is 0. The first-order valence-electron chi connectivity index (χ1n) is 7.17. The molecule has 0 saturated carbocycles. The highest BCUT2D eigenvalue weighted by atomic mass is 35.5. The third kappa shape index (κ3) is 3.71. The summed E-state index contributed by atoms with van der Waals surface area (Å²) in [5.74, 6) is 1.69. The largest absolute Gasteiger partial charge is 0.493 e. The Morgan fingerprint density at radius 1 is 1.08 bits per heavy atom. The zero-order valence-electron chi connectivity index (χ0n) is 13.4. The maximum atomic E-state index is 8.71. The van der Waals surface area contributed by atoms with Gasteiger partial charge in [0.15, 0.2) is 11.5 Å². The first-order valence-corrected chi connectivity index (χ1v) is 8.36. The molecule has 1 heterocycles. The standard InChI is InChI=1S/C17H13ClN4O2S/c1-23-14-7-12-13(8-15(14)24-2)21-17(18)22-16(12)20-10-3-5-11(6-4-10)25-9-19/h3-8H,1-2H3,(H,20,21,22). The number of thioether (sulfide) groups is 1. The van der Waals surface area contributed by atoms with Gasteiger partial charge in [-0.2, -0.15) is 10.2 Å². The van der Waals surface area contributed by atoms with E-state index in [-0.39, 0.29) is 5.28 Å². The number of aromatic nitrogens is 2. The molecule has 8 heteroatoms. The molecule has 6 nitrogen and oxygen atoms in total. The van der Waals surface area contributed by atoms with Crippen LogP contribution in [0.25, 0.3) is 10.9 Å². The Morgan fingerprint density at radius 2 is 1.76 bits per heavy atom. The number of rotatable bonds is 5. The van der Waals surface area contributed by atoms with E-state index < -0.39 is 0 Å². The summed E-state index contributed by atoms with van der Waals surface area (Å²) in [5, 5.41) is 14.8. The normalized spacial score (nSPS) is 10.3. The molecule has 126 valence electrons. The lowest BCUT2D eigenvalue weighted by Crippen LogP contribution is -1.99. The Bertz CT molecular complexity index is 958. The van der Waals surface area contributed by atoms with E-state index >= 15 is 0 Å². The van der Waals surface area contributed by atoms with Crippen LogP contribution in [0.5, 0.6) is 11.5 Å². The van der Waals surface area contributed by atoms with Crippen molar-refractivity contribution in [2.24, 2.45) is 0 Å². The van der Waals surface area contributed by atoms with Crippen molar-refractivity contribution in [1.82, 2.24) is 9.97 Å². The van der Waals surface area contributed by atoms with Gasteiger partial charge in [0, 0.05) is 22.0 Å². The second kappa shape index (κ2) is 7.47. The number of methoxy groups -OCH3 is 2. The molecular weight excluding hydrogens is 360 g/mol. The molecule has 2 aromatic carbocycles. The van der Waals surface area contributed by atoms with Crippen LogP contribution in [0.4, 0.5) is 11.5 Å². The molecule has 0 aliphatic rings. The number of hydrogen-bond donors (Lipinski definition) is 1. The van der Waals surface area contributed by atoms with Crippen LogP contribution in [0.2, 0.25) is 5.28 Å². The minimum atomic E-state index is 0.124. The highest BCUT2D eigenvalue weighted by molar-refractivity contribution is 8.03. The molecule has 0 saturated heterocycles. The van der Waals surface area contributed by atoms with Gasteiger partial charge in [0.25, 0.3) is 0 Å². The summed E-state index contributed by atoms with van der Waals surface area (Å²) in [4.78, 5) is 9.38. The summed E-state index contributed by atoms with van der Waals surface area (Å²) in [7, 11) is 3.13. The molecule has 0 aliphatic carbocycles. The molecule has 25 heavy (non-hydrogen) atoms. The molecule has 0 bridgehead atoms. The minimum Gasteiger partial charge on any atom is -0.493 e. The lowest BCUT2D eigenvalue weighted by molar-refractivity contribution is 0.356. The van der Waals surface area contributed by atoms with Crippen LogP contribution >= 0.6 is 23.4 Å². The summed E-state index contributed by atoms with van der Waals surface area (Å²) in [6, 6.07) is 11.0. The number of thiocyanates is 1. The van der Waals surface area contributed by atoms with E-state index in [9.17, 15) is 0 Å². The first kappa shape index (κ1) is 17.1. The van der Waals surface area contributed by atoms with E-state index in [0.29, 0.717) is 22.8 Å². The van der Waals surface area contributed by atoms with Gasteiger partial charge in [0.2, 0.25) is 5.28 Å². The van der Waals surface area contributed by atoms with Crippen molar-refractivity contribution in [3.8, 4) is 16.9 Å². The summed E-state index contributed by atoms with van der Waals surface area (Å²) in [6.07, 6.45) is 0. The molecule has 0 spiro atoms. The molecule has 0 amide bonds.